The molecule has 0 radical (unpaired) electrons. The molecule has 42 heavy (non-hydrogen) atoms. The molecule has 4 aromatic rings. The molecule has 1 N–H and O–H groups in total. The number of rotatable bonds is 7. The van der Waals surface area contributed by atoms with Crippen LogP contribution < -0.4 is 5.32 Å². The van der Waals surface area contributed by atoms with Gasteiger partial charge in [-0.3, -0.25) is 20.2 Å². The Bertz CT molecular complexity index is 1550. The van der Waals surface area contributed by atoms with E-state index in [1.165, 1.54) is 12.1 Å². The highest BCUT2D eigenvalue weighted by Gasteiger charge is 2.25. The fraction of sp³-hybridized carbons (Fsp3) is 0.379. The number of methoxy groups -OCH3 is 1. The van der Waals surface area contributed by atoms with Crippen molar-refractivity contribution in [3.8, 4) is 22.3 Å². The first kappa shape index (κ1) is 30.3. The summed E-state index contributed by atoms with van der Waals surface area (Å²) in [6.07, 6.45) is 4.14. The molecule has 1 saturated carbocycles. The van der Waals surface area contributed by atoms with Gasteiger partial charge in [-0.15, -0.1) is 0 Å². The summed E-state index contributed by atoms with van der Waals surface area (Å²) in [5, 5.41) is 33.2. The second kappa shape index (κ2) is 12.9. The van der Waals surface area contributed by atoms with Crippen LogP contribution in [0, 0.1) is 53.7 Å². The van der Waals surface area contributed by atoms with Crippen LogP contribution in [-0.4, -0.2) is 39.4 Å². The van der Waals surface area contributed by atoms with Gasteiger partial charge < -0.3 is 19.1 Å². The van der Waals surface area contributed by atoms with Crippen molar-refractivity contribution < 1.29 is 28.0 Å². The lowest BCUT2D eigenvalue weighted by Gasteiger charge is -2.28. The van der Waals surface area contributed by atoms with Gasteiger partial charge in [0.15, 0.2) is 0 Å². The summed E-state index contributed by atoms with van der Waals surface area (Å²) in [5.74, 6) is 0.347. The van der Waals surface area contributed by atoms with Crippen molar-refractivity contribution >= 4 is 17.1 Å². The molecule has 0 amide bonds. The van der Waals surface area contributed by atoms with Crippen LogP contribution in [0.1, 0.15) is 48.6 Å². The Balaban J connectivity index is 0.000000208. The summed E-state index contributed by atoms with van der Waals surface area (Å²) < 4.78 is 28.7. The normalized spacial score (nSPS) is 16.4. The minimum absolute atomic E-state index is 0.0753. The third-order valence-corrected chi connectivity index (χ3v) is 7.35. The van der Waals surface area contributed by atoms with Crippen LogP contribution in [0.25, 0.3) is 22.3 Å². The van der Waals surface area contributed by atoms with Crippen molar-refractivity contribution in [3.63, 3.8) is 0 Å². The molecule has 2 aromatic carbocycles. The predicted molar refractivity (Wildman–Crippen MR) is 153 cm³/mol. The number of aromatic nitrogens is 2. The molecule has 0 spiro atoms. The molecule has 1 aliphatic carbocycles. The lowest BCUT2D eigenvalue weighted by molar-refractivity contribution is -0.387. The van der Waals surface area contributed by atoms with Crippen LogP contribution >= 0.6 is 0 Å². The SMILES string of the molecule is COC1CCC(Nc2ccc(-c3c(C)noc3C)cc2[N+](=O)[O-])CC1.Cc1noc(C)c1-c1ccc(F)c([N+](=O)[O-])c1. The van der Waals surface area contributed by atoms with E-state index in [1.807, 2.05) is 19.9 Å². The number of benzene rings is 2. The number of anilines is 1. The topological polar surface area (TPSA) is 160 Å². The van der Waals surface area contributed by atoms with Gasteiger partial charge in [0.25, 0.3) is 5.69 Å². The van der Waals surface area contributed by atoms with Gasteiger partial charge >= 0.3 is 5.69 Å². The standard InChI is InChI=1S/C18H23N3O4.C11H9FN2O3/c1-11-18(12(2)25-20-11)13-4-9-16(17(10-13)21(22)23)19-14-5-7-15(24-3)8-6-14;1-6-11(7(2)17-13-6)8-3-4-9(12)10(5-8)14(15)16/h4,9-10,14-15,19H,5-8H2,1-3H3;3-5H,1-2H3. The minimum Gasteiger partial charge on any atom is -0.381 e. The summed E-state index contributed by atoms with van der Waals surface area (Å²) in [7, 11) is 1.73. The summed E-state index contributed by atoms with van der Waals surface area (Å²) >= 11 is 0. The van der Waals surface area contributed by atoms with Crippen LogP contribution in [0.5, 0.6) is 0 Å². The monoisotopic (exact) mass is 581 g/mol. The number of hydrogen-bond acceptors (Lipinski definition) is 10. The first-order valence-corrected chi connectivity index (χ1v) is 13.4. The molecule has 13 heteroatoms. The highest BCUT2D eigenvalue weighted by Crippen LogP contribution is 2.35. The second-order valence-corrected chi connectivity index (χ2v) is 10.2. The van der Waals surface area contributed by atoms with Gasteiger partial charge in [0.05, 0.1) is 27.3 Å². The molecule has 0 unspecified atom stereocenters. The third-order valence-electron chi connectivity index (χ3n) is 7.35. The molecule has 0 atom stereocenters. The zero-order valence-corrected chi connectivity index (χ0v) is 24.0. The average molecular weight is 582 g/mol. The van der Waals surface area contributed by atoms with Crippen molar-refractivity contribution in [3.05, 3.63) is 85.4 Å². The number of nitrogens with zero attached hydrogens (tertiary/aromatic N) is 4. The lowest BCUT2D eigenvalue weighted by Crippen LogP contribution is -2.29. The average Bonchev–Trinajstić information content (AvgIpc) is 3.48. The zero-order valence-electron chi connectivity index (χ0n) is 24.0. The van der Waals surface area contributed by atoms with Crippen LogP contribution in [0.4, 0.5) is 21.5 Å². The Morgan fingerprint density at radius 3 is 1.79 bits per heavy atom. The van der Waals surface area contributed by atoms with E-state index in [0.717, 1.165) is 48.6 Å². The minimum atomic E-state index is -0.856. The smallest absolute Gasteiger partial charge is 0.305 e. The fourth-order valence-corrected chi connectivity index (χ4v) is 5.22. The highest BCUT2D eigenvalue weighted by atomic mass is 19.1. The maximum absolute atomic E-state index is 13.2. The van der Waals surface area contributed by atoms with Crippen molar-refractivity contribution in [2.75, 3.05) is 12.4 Å². The van der Waals surface area contributed by atoms with Crippen LogP contribution in [0.3, 0.4) is 0 Å². The molecule has 0 bridgehead atoms. The Hall–Kier alpha value is -4.65. The first-order chi connectivity index (χ1) is 20.0. The van der Waals surface area contributed by atoms with Crippen LogP contribution in [0.15, 0.2) is 45.4 Å². The van der Waals surface area contributed by atoms with Gasteiger partial charge in [-0.05, 0) is 76.6 Å². The maximum Gasteiger partial charge on any atom is 0.305 e. The van der Waals surface area contributed by atoms with Crippen molar-refractivity contribution in [1.29, 1.82) is 0 Å². The van der Waals surface area contributed by atoms with E-state index in [4.69, 9.17) is 13.8 Å². The molecular weight excluding hydrogens is 549 g/mol. The predicted octanol–water partition coefficient (Wildman–Crippen LogP) is 7.24. The quantitative estimate of drug-likeness (QED) is 0.174. The molecule has 2 heterocycles. The van der Waals surface area contributed by atoms with Gasteiger partial charge in [0.2, 0.25) is 5.82 Å². The Labute approximate surface area is 241 Å². The van der Waals surface area contributed by atoms with E-state index >= 15 is 0 Å². The molecule has 12 nitrogen and oxygen atoms in total. The number of ether oxygens (including phenoxy) is 1. The van der Waals surface area contributed by atoms with Gasteiger partial charge in [-0.2, -0.15) is 4.39 Å². The molecule has 222 valence electrons. The van der Waals surface area contributed by atoms with Gasteiger partial charge in [0, 0.05) is 36.4 Å². The Kier molecular flexibility index (Phi) is 9.31. The molecule has 0 aliphatic heterocycles. The van der Waals surface area contributed by atoms with Crippen molar-refractivity contribution in [2.45, 2.75) is 65.5 Å². The summed E-state index contributed by atoms with van der Waals surface area (Å²) in [5.41, 5.74) is 4.17. The number of aryl methyl sites for hydroxylation is 4. The number of halogens is 1. The molecular formula is C29H32FN5O7. The van der Waals surface area contributed by atoms with Gasteiger partial charge in [-0.25, -0.2) is 0 Å². The van der Waals surface area contributed by atoms with E-state index < -0.39 is 16.4 Å². The van der Waals surface area contributed by atoms with Gasteiger partial charge in [-0.1, -0.05) is 22.4 Å². The zero-order chi connectivity index (χ0) is 30.6. The van der Waals surface area contributed by atoms with E-state index in [1.54, 1.807) is 33.1 Å². The van der Waals surface area contributed by atoms with E-state index in [2.05, 4.69) is 15.6 Å². The largest absolute Gasteiger partial charge is 0.381 e. The van der Waals surface area contributed by atoms with E-state index in [9.17, 15) is 24.6 Å². The highest BCUT2D eigenvalue weighted by molar-refractivity contribution is 5.75. The Morgan fingerprint density at radius 2 is 1.33 bits per heavy atom. The fourth-order valence-electron chi connectivity index (χ4n) is 5.22. The number of nitrogens with one attached hydrogen (secondary N) is 1. The maximum atomic E-state index is 13.2. The lowest BCUT2D eigenvalue weighted by atomic mass is 9.92. The number of nitro benzene ring substituents is 2. The molecule has 1 aliphatic rings. The van der Waals surface area contributed by atoms with E-state index in [0.29, 0.717) is 40.1 Å². The first-order valence-electron chi connectivity index (χ1n) is 13.4. The second-order valence-electron chi connectivity index (χ2n) is 10.2. The van der Waals surface area contributed by atoms with E-state index in [-0.39, 0.29) is 16.7 Å². The third kappa shape index (κ3) is 6.62. The van der Waals surface area contributed by atoms with Crippen LogP contribution in [0.2, 0.25) is 0 Å². The number of nitro groups is 2. The van der Waals surface area contributed by atoms with Crippen molar-refractivity contribution in [1.82, 2.24) is 10.3 Å². The summed E-state index contributed by atoms with van der Waals surface area (Å²) in [4.78, 5) is 21.1. The molecule has 5 rings (SSSR count). The Morgan fingerprint density at radius 1 is 0.833 bits per heavy atom. The molecule has 0 saturated heterocycles. The molecule has 1 fully saturated rings. The van der Waals surface area contributed by atoms with Crippen LogP contribution in [-0.2, 0) is 4.74 Å². The van der Waals surface area contributed by atoms with Gasteiger partial charge in [0.1, 0.15) is 17.2 Å². The summed E-state index contributed by atoms with van der Waals surface area (Å²) in [6, 6.07) is 9.20. The number of hydrogen-bond donors (Lipinski definition) is 1. The van der Waals surface area contributed by atoms with Crippen molar-refractivity contribution in [2.24, 2.45) is 0 Å². The molecule has 2 aromatic heterocycles. The summed E-state index contributed by atoms with van der Waals surface area (Å²) in [6.45, 7) is 7.06.